The van der Waals surface area contributed by atoms with E-state index in [0.717, 1.165) is 16.7 Å². The van der Waals surface area contributed by atoms with Crippen LogP contribution in [0.25, 0.3) is 10.9 Å². The van der Waals surface area contributed by atoms with Gasteiger partial charge >= 0.3 is 0 Å². The van der Waals surface area contributed by atoms with Gasteiger partial charge in [0, 0.05) is 11.9 Å². The molecule has 88 valence electrons. The number of pyridine rings is 1. The summed E-state index contributed by atoms with van der Waals surface area (Å²) >= 11 is 0. The van der Waals surface area contributed by atoms with Crippen LogP contribution in [0.2, 0.25) is 0 Å². The van der Waals surface area contributed by atoms with E-state index in [9.17, 15) is 0 Å². The molecule has 0 unspecified atom stereocenters. The van der Waals surface area contributed by atoms with Gasteiger partial charge in [0.1, 0.15) is 12.4 Å². The second-order valence-electron chi connectivity index (χ2n) is 3.00. The molecule has 1 aromatic heterocycles. The summed E-state index contributed by atoms with van der Waals surface area (Å²) in [4.78, 5) is 4.27. The van der Waals surface area contributed by atoms with Gasteiger partial charge in [-0.2, -0.15) is 0 Å². The van der Waals surface area contributed by atoms with Crippen LogP contribution in [0.4, 0.5) is 0 Å². The van der Waals surface area contributed by atoms with Crippen molar-refractivity contribution in [1.29, 1.82) is 0 Å². The van der Waals surface area contributed by atoms with Crippen LogP contribution in [0.15, 0.2) is 36.5 Å². The normalized spacial score (nSPS) is 9.06. The molecule has 16 heavy (non-hydrogen) atoms. The summed E-state index contributed by atoms with van der Waals surface area (Å²) < 4.78 is 5.38. The Morgan fingerprint density at radius 1 is 1.19 bits per heavy atom. The van der Waals surface area contributed by atoms with Crippen LogP contribution in [0.5, 0.6) is 5.75 Å². The zero-order valence-electron chi connectivity index (χ0n) is 8.63. The van der Waals surface area contributed by atoms with Crippen molar-refractivity contribution in [2.45, 2.75) is 0 Å². The van der Waals surface area contributed by atoms with Gasteiger partial charge in [-0.1, -0.05) is 18.2 Å². The van der Waals surface area contributed by atoms with Crippen molar-refractivity contribution in [2.24, 2.45) is 5.73 Å². The lowest BCUT2D eigenvalue weighted by Gasteiger charge is -2.04. The van der Waals surface area contributed by atoms with Crippen LogP contribution >= 0.6 is 24.8 Å². The zero-order chi connectivity index (χ0) is 9.80. The number of nitrogens with zero attached hydrogens (tertiary/aromatic N) is 1. The monoisotopic (exact) mass is 260 g/mol. The predicted molar refractivity (Wildman–Crippen MR) is 70.8 cm³/mol. The molecule has 1 aromatic carbocycles. The van der Waals surface area contributed by atoms with Crippen molar-refractivity contribution >= 4 is 35.7 Å². The molecular formula is C11H14Cl2N2O. The van der Waals surface area contributed by atoms with E-state index in [1.807, 2.05) is 30.3 Å². The van der Waals surface area contributed by atoms with E-state index < -0.39 is 0 Å². The van der Waals surface area contributed by atoms with Gasteiger partial charge in [-0.15, -0.1) is 24.8 Å². The van der Waals surface area contributed by atoms with Crippen molar-refractivity contribution < 1.29 is 4.74 Å². The van der Waals surface area contributed by atoms with E-state index >= 15 is 0 Å². The Hall–Kier alpha value is -1.03. The van der Waals surface area contributed by atoms with Crippen LogP contribution in [0, 0.1) is 0 Å². The highest BCUT2D eigenvalue weighted by molar-refractivity contribution is 5.85. The summed E-state index contributed by atoms with van der Waals surface area (Å²) in [6.07, 6.45) is 1.72. The second-order valence-corrected chi connectivity index (χ2v) is 3.00. The quantitative estimate of drug-likeness (QED) is 0.922. The predicted octanol–water partition coefficient (Wildman–Crippen LogP) is 2.42. The molecule has 2 rings (SSSR count). The molecule has 0 aliphatic rings. The van der Waals surface area contributed by atoms with E-state index in [1.54, 1.807) is 6.20 Å². The summed E-state index contributed by atoms with van der Waals surface area (Å²) in [6, 6.07) is 9.91. The SMILES string of the molecule is Cl.Cl.NCCOc1cnc2ccccc2c1. The molecule has 0 amide bonds. The Kier molecular flexibility index (Phi) is 6.81. The average Bonchev–Trinajstić information content (AvgIpc) is 2.26. The fourth-order valence-electron chi connectivity index (χ4n) is 1.31. The van der Waals surface area contributed by atoms with Crippen molar-refractivity contribution in [2.75, 3.05) is 13.2 Å². The highest BCUT2D eigenvalue weighted by atomic mass is 35.5. The first-order valence-electron chi connectivity index (χ1n) is 4.58. The third-order valence-electron chi connectivity index (χ3n) is 1.95. The fraction of sp³-hybridized carbons (Fsp3) is 0.182. The fourth-order valence-corrected chi connectivity index (χ4v) is 1.31. The number of aromatic nitrogens is 1. The molecule has 0 saturated carbocycles. The molecule has 0 saturated heterocycles. The Morgan fingerprint density at radius 3 is 2.69 bits per heavy atom. The minimum absolute atomic E-state index is 0. The van der Waals surface area contributed by atoms with E-state index in [2.05, 4.69) is 4.98 Å². The van der Waals surface area contributed by atoms with Gasteiger partial charge in [-0.3, -0.25) is 4.98 Å². The highest BCUT2D eigenvalue weighted by Crippen LogP contribution is 2.17. The summed E-state index contributed by atoms with van der Waals surface area (Å²) in [5.41, 5.74) is 6.32. The summed E-state index contributed by atoms with van der Waals surface area (Å²) in [5.74, 6) is 0.772. The standard InChI is InChI=1S/C11H12N2O.2ClH/c12-5-6-14-10-7-9-3-1-2-4-11(9)13-8-10;;/h1-4,7-8H,5-6,12H2;2*1H. The smallest absolute Gasteiger partial charge is 0.138 e. The lowest BCUT2D eigenvalue weighted by atomic mass is 10.2. The zero-order valence-corrected chi connectivity index (χ0v) is 10.3. The summed E-state index contributed by atoms with van der Waals surface area (Å²) in [5, 5.41) is 1.09. The summed E-state index contributed by atoms with van der Waals surface area (Å²) in [6.45, 7) is 1.05. The largest absolute Gasteiger partial charge is 0.491 e. The molecule has 0 radical (unpaired) electrons. The number of benzene rings is 1. The molecule has 0 fully saturated rings. The molecule has 2 N–H and O–H groups in total. The third-order valence-corrected chi connectivity index (χ3v) is 1.95. The third kappa shape index (κ3) is 3.52. The van der Waals surface area contributed by atoms with Gasteiger partial charge in [0.25, 0.3) is 0 Å². The van der Waals surface area contributed by atoms with E-state index in [4.69, 9.17) is 10.5 Å². The molecule has 5 heteroatoms. The maximum atomic E-state index is 5.38. The number of hydrogen-bond acceptors (Lipinski definition) is 3. The first-order chi connectivity index (χ1) is 6.90. The minimum atomic E-state index is 0. The number of ether oxygens (including phenoxy) is 1. The lowest BCUT2D eigenvalue weighted by Crippen LogP contribution is -2.10. The molecule has 0 aliphatic heterocycles. The van der Waals surface area contributed by atoms with Gasteiger partial charge in [-0.05, 0) is 12.1 Å². The molecule has 0 aliphatic carbocycles. The average molecular weight is 261 g/mol. The van der Waals surface area contributed by atoms with Crippen molar-refractivity contribution in [3.63, 3.8) is 0 Å². The highest BCUT2D eigenvalue weighted by Gasteiger charge is 1.96. The number of rotatable bonds is 3. The van der Waals surface area contributed by atoms with Crippen molar-refractivity contribution in [3.8, 4) is 5.75 Å². The van der Waals surface area contributed by atoms with E-state index in [1.165, 1.54) is 0 Å². The Labute approximate surface area is 107 Å². The van der Waals surface area contributed by atoms with Crippen LogP contribution < -0.4 is 10.5 Å². The van der Waals surface area contributed by atoms with Gasteiger partial charge in [-0.25, -0.2) is 0 Å². The number of halogens is 2. The molecule has 0 atom stereocenters. The topological polar surface area (TPSA) is 48.1 Å². The molecule has 1 heterocycles. The van der Waals surface area contributed by atoms with Gasteiger partial charge in [0.15, 0.2) is 0 Å². The first-order valence-corrected chi connectivity index (χ1v) is 4.58. The first kappa shape index (κ1) is 15.0. The van der Waals surface area contributed by atoms with Crippen molar-refractivity contribution in [3.05, 3.63) is 36.5 Å². The number of fused-ring (bicyclic) bond motifs is 1. The van der Waals surface area contributed by atoms with Gasteiger partial charge in [0.05, 0.1) is 11.7 Å². The Morgan fingerprint density at radius 2 is 1.94 bits per heavy atom. The number of para-hydroxylation sites is 1. The van der Waals surface area contributed by atoms with E-state index in [0.29, 0.717) is 13.2 Å². The van der Waals surface area contributed by atoms with Gasteiger partial charge in [0.2, 0.25) is 0 Å². The molecular weight excluding hydrogens is 247 g/mol. The van der Waals surface area contributed by atoms with E-state index in [-0.39, 0.29) is 24.8 Å². The van der Waals surface area contributed by atoms with Crippen LogP contribution in [0.3, 0.4) is 0 Å². The maximum Gasteiger partial charge on any atom is 0.138 e. The van der Waals surface area contributed by atoms with Crippen LogP contribution in [-0.4, -0.2) is 18.1 Å². The molecule has 3 nitrogen and oxygen atoms in total. The molecule has 2 aromatic rings. The Balaban J connectivity index is 0.00000112. The maximum absolute atomic E-state index is 5.38. The van der Waals surface area contributed by atoms with Crippen LogP contribution in [0.1, 0.15) is 0 Å². The van der Waals surface area contributed by atoms with Gasteiger partial charge < -0.3 is 10.5 Å². The van der Waals surface area contributed by atoms with Crippen LogP contribution in [-0.2, 0) is 0 Å². The molecule has 0 bridgehead atoms. The molecule has 0 spiro atoms. The minimum Gasteiger partial charge on any atom is -0.491 e. The lowest BCUT2D eigenvalue weighted by molar-refractivity contribution is 0.327. The summed E-state index contributed by atoms with van der Waals surface area (Å²) in [7, 11) is 0. The van der Waals surface area contributed by atoms with Crippen molar-refractivity contribution in [1.82, 2.24) is 4.98 Å². The second kappa shape index (κ2) is 7.28. The number of nitrogens with two attached hydrogens (primary N) is 1. The number of hydrogen-bond donors (Lipinski definition) is 1. The Bertz CT molecular complexity index is 437.